The van der Waals surface area contributed by atoms with Crippen molar-refractivity contribution >= 4 is 0 Å². The standard InChI is InChI=1S/C16H16F3N/c1-11(9-12-5-7-14(17)8-6-12)20-10-13-3-2-4-15(18)16(13)19/h2-8,11,20H,9-10H2,1H3. The molecule has 0 saturated heterocycles. The van der Waals surface area contributed by atoms with Crippen LogP contribution in [0.15, 0.2) is 42.5 Å². The van der Waals surface area contributed by atoms with Crippen LogP contribution in [-0.2, 0) is 13.0 Å². The molecule has 106 valence electrons. The van der Waals surface area contributed by atoms with E-state index in [9.17, 15) is 13.2 Å². The maximum Gasteiger partial charge on any atom is 0.163 e. The lowest BCUT2D eigenvalue weighted by molar-refractivity contribution is 0.480. The van der Waals surface area contributed by atoms with Crippen molar-refractivity contribution in [2.45, 2.75) is 25.9 Å². The molecule has 0 heterocycles. The van der Waals surface area contributed by atoms with Crippen LogP contribution in [0.25, 0.3) is 0 Å². The van der Waals surface area contributed by atoms with Crippen molar-refractivity contribution < 1.29 is 13.2 Å². The fourth-order valence-electron chi connectivity index (χ4n) is 2.02. The van der Waals surface area contributed by atoms with Crippen LogP contribution in [0.1, 0.15) is 18.1 Å². The summed E-state index contributed by atoms with van der Waals surface area (Å²) < 4.78 is 39.3. The fraction of sp³-hybridized carbons (Fsp3) is 0.250. The van der Waals surface area contributed by atoms with Crippen LogP contribution in [0.3, 0.4) is 0 Å². The van der Waals surface area contributed by atoms with E-state index in [1.807, 2.05) is 6.92 Å². The molecule has 2 aromatic rings. The Morgan fingerprint density at radius 1 is 1.00 bits per heavy atom. The first kappa shape index (κ1) is 14.6. The first-order valence-electron chi connectivity index (χ1n) is 6.47. The Balaban J connectivity index is 1.90. The van der Waals surface area contributed by atoms with Gasteiger partial charge in [-0.1, -0.05) is 24.3 Å². The number of hydrogen-bond acceptors (Lipinski definition) is 1. The normalized spacial score (nSPS) is 12.4. The molecule has 1 nitrogen and oxygen atoms in total. The van der Waals surface area contributed by atoms with Gasteiger partial charge in [-0.2, -0.15) is 0 Å². The second kappa shape index (κ2) is 6.57. The maximum atomic E-state index is 13.5. The van der Waals surface area contributed by atoms with Crippen LogP contribution >= 0.6 is 0 Å². The lowest BCUT2D eigenvalue weighted by Gasteiger charge is -2.14. The molecule has 0 radical (unpaired) electrons. The third-order valence-corrected chi connectivity index (χ3v) is 3.13. The molecule has 2 rings (SSSR count). The molecule has 0 amide bonds. The van der Waals surface area contributed by atoms with Crippen LogP contribution in [0.4, 0.5) is 13.2 Å². The van der Waals surface area contributed by atoms with Gasteiger partial charge in [0.25, 0.3) is 0 Å². The zero-order valence-corrected chi connectivity index (χ0v) is 11.2. The monoisotopic (exact) mass is 279 g/mol. The molecular weight excluding hydrogens is 263 g/mol. The van der Waals surface area contributed by atoms with Crippen molar-refractivity contribution in [2.24, 2.45) is 0 Å². The third kappa shape index (κ3) is 3.84. The first-order valence-corrected chi connectivity index (χ1v) is 6.47. The van der Waals surface area contributed by atoms with Gasteiger partial charge in [0.1, 0.15) is 5.82 Å². The molecule has 0 spiro atoms. The number of hydrogen-bond donors (Lipinski definition) is 1. The van der Waals surface area contributed by atoms with Crippen LogP contribution in [0.5, 0.6) is 0 Å². The van der Waals surface area contributed by atoms with Gasteiger partial charge in [0.05, 0.1) is 0 Å². The Kier molecular flexibility index (Phi) is 4.79. The van der Waals surface area contributed by atoms with Gasteiger partial charge in [0, 0.05) is 18.2 Å². The molecule has 0 bridgehead atoms. The van der Waals surface area contributed by atoms with E-state index in [2.05, 4.69) is 5.32 Å². The van der Waals surface area contributed by atoms with Crippen molar-refractivity contribution in [1.82, 2.24) is 5.32 Å². The first-order chi connectivity index (χ1) is 9.56. The van der Waals surface area contributed by atoms with Gasteiger partial charge in [-0.15, -0.1) is 0 Å². The predicted molar refractivity (Wildman–Crippen MR) is 72.8 cm³/mol. The minimum Gasteiger partial charge on any atom is -0.310 e. The largest absolute Gasteiger partial charge is 0.310 e. The smallest absolute Gasteiger partial charge is 0.163 e. The summed E-state index contributed by atoms with van der Waals surface area (Å²) in [6.45, 7) is 2.20. The number of nitrogens with one attached hydrogen (secondary N) is 1. The van der Waals surface area contributed by atoms with Crippen LogP contribution in [-0.4, -0.2) is 6.04 Å². The highest BCUT2D eigenvalue weighted by Gasteiger charge is 2.09. The Labute approximate surface area is 116 Å². The van der Waals surface area contributed by atoms with Crippen molar-refractivity contribution in [3.05, 3.63) is 71.0 Å². The SMILES string of the molecule is CC(Cc1ccc(F)cc1)NCc1cccc(F)c1F. The lowest BCUT2D eigenvalue weighted by Crippen LogP contribution is -2.28. The summed E-state index contributed by atoms with van der Waals surface area (Å²) in [7, 11) is 0. The third-order valence-electron chi connectivity index (χ3n) is 3.13. The Morgan fingerprint density at radius 3 is 2.40 bits per heavy atom. The van der Waals surface area contributed by atoms with Gasteiger partial charge >= 0.3 is 0 Å². The molecule has 0 fully saturated rings. The van der Waals surface area contributed by atoms with Crippen LogP contribution in [0, 0.1) is 17.5 Å². The molecule has 0 aliphatic rings. The van der Waals surface area contributed by atoms with Gasteiger partial charge in [-0.3, -0.25) is 0 Å². The number of rotatable bonds is 5. The van der Waals surface area contributed by atoms with E-state index in [1.54, 1.807) is 18.2 Å². The van der Waals surface area contributed by atoms with Gasteiger partial charge < -0.3 is 5.32 Å². The highest BCUT2D eigenvalue weighted by molar-refractivity contribution is 5.19. The highest BCUT2D eigenvalue weighted by atomic mass is 19.2. The second-order valence-corrected chi connectivity index (χ2v) is 4.83. The molecule has 0 saturated carbocycles. The molecule has 1 unspecified atom stereocenters. The molecule has 1 N–H and O–H groups in total. The van der Waals surface area contributed by atoms with E-state index in [0.29, 0.717) is 12.0 Å². The van der Waals surface area contributed by atoms with Gasteiger partial charge in [-0.05, 0) is 37.1 Å². The van der Waals surface area contributed by atoms with Crippen molar-refractivity contribution in [1.29, 1.82) is 0 Å². The van der Waals surface area contributed by atoms with E-state index in [1.165, 1.54) is 18.2 Å². The molecule has 0 aromatic heterocycles. The van der Waals surface area contributed by atoms with E-state index in [4.69, 9.17) is 0 Å². The summed E-state index contributed by atoms with van der Waals surface area (Å²) in [5, 5.41) is 3.13. The zero-order chi connectivity index (χ0) is 14.5. The molecule has 0 aliphatic carbocycles. The van der Waals surface area contributed by atoms with Crippen LogP contribution in [0.2, 0.25) is 0 Å². The summed E-state index contributed by atoms with van der Waals surface area (Å²) in [6.07, 6.45) is 0.692. The maximum absolute atomic E-state index is 13.5. The predicted octanol–water partition coefficient (Wildman–Crippen LogP) is 3.82. The van der Waals surface area contributed by atoms with Crippen LogP contribution < -0.4 is 5.32 Å². The summed E-state index contributed by atoms with van der Waals surface area (Å²) >= 11 is 0. The van der Waals surface area contributed by atoms with E-state index >= 15 is 0 Å². The van der Waals surface area contributed by atoms with E-state index in [0.717, 1.165) is 11.6 Å². The Bertz CT molecular complexity index is 566. The van der Waals surface area contributed by atoms with Gasteiger partial charge in [-0.25, -0.2) is 13.2 Å². The molecule has 0 aliphatic heterocycles. The molecule has 20 heavy (non-hydrogen) atoms. The summed E-state index contributed by atoms with van der Waals surface area (Å²) in [5.41, 5.74) is 1.29. The molecule has 4 heteroatoms. The summed E-state index contributed by atoms with van der Waals surface area (Å²) in [4.78, 5) is 0. The average molecular weight is 279 g/mol. The molecule has 1 atom stereocenters. The molecular formula is C16H16F3N. The summed E-state index contributed by atoms with van der Waals surface area (Å²) in [5.74, 6) is -1.92. The number of halogens is 3. The molecule has 2 aromatic carbocycles. The van der Waals surface area contributed by atoms with E-state index in [-0.39, 0.29) is 18.4 Å². The lowest BCUT2D eigenvalue weighted by atomic mass is 10.1. The average Bonchev–Trinajstić information content (AvgIpc) is 2.43. The summed E-state index contributed by atoms with van der Waals surface area (Å²) in [6, 6.07) is 10.5. The zero-order valence-electron chi connectivity index (χ0n) is 11.2. The van der Waals surface area contributed by atoms with Crippen molar-refractivity contribution in [3.63, 3.8) is 0 Å². The van der Waals surface area contributed by atoms with Crippen molar-refractivity contribution in [3.8, 4) is 0 Å². The minimum absolute atomic E-state index is 0.0723. The minimum atomic E-state index is -0.838. The highest BCUT2D eigenvalue weighted by Crippen LogP contribution is 2.12. The van der Waals surface area contributed by atoms with Crippen molar-refractivity contribution in [2.75, 3.05) is 0 Å². The fourth-order valence-corrected chi connectivity index (χ4v) is 2.02. The van der Waals surface area contributed by atoms with Gasteiger partial charge in [0.15, 0.2) is 11.6 Å². The Hall–Kier alpha value is -1.81. The second-order valence-electron chi connectivity index (χ2n) is 4.83. The van der Waals surface area contributed by atoms with E-state index < -0.39 is 11.6 Å². The Morgan fingerprint density at radius 2 is 1.70 bits per heavy atom. The number of benzene rings is 2. The van der Waals surface area contributed by atoms with Gasteiger partial charge in [0.2, 0.25) is 0 Å². The topological polar surface area (TPSA) is 12.0 Å². The quantitative estimate of drug-likeness (QED) is 0.877.